The van der Waals surface area contributed by atoms with E-state index in [1.54, 1.807) is 24.5 Å². The molecule has 30 heavy (non-hydrogen) atoms. The van der Waals surface area contributed by atoms with E-state index in [0.717, 1.165) is 22.0 Å². The number of methoxy groups -OCH3 is 2. The lowest BCUT2D eigenvalue weighted by atomic mass is 10.1. The Bertz CT molecular complexity index is 1200. The van der Waals surface area contributed by atoms with Crippen molar-refractivity contribution in [2.75, 3.05) is 19.5 Å². The number of pyridine rings is 1. The number of rotatable bonds is 6. The smallest absolute Gasteiger partial charge is 0.341 e. The van der Waals surface area contributed by atoms with Gasteiger partial charge in [0.1, 0.15) is 17.1 Å². The van der Waals surface area contributed by atoms with E-state index in [-0.39, 0.29) is 0 Å². The number of esters is 1. The molecule has 2 aromatic heterocycles. The normalized spacial score (nSPS) is 10.6. The average molecular weight is 400 g/mol. The highest BCUT2D eigenvalue weighted by molar-refractivity contribution is 5.93. The molecule has 150 valence electrons. The first-order valence-electron chi connectivity index (χ1n) is 9.36. The molecule has 1 N–H and O–H groups in total. The van der Waals surface area contributed by atoms with Crippen LogP contribution in [0.15, 0.2) is 67.0 Å². The fraction of sp³-hybridized carbons (Fsp3) is 0.130. The molecule has 7 heteroatoms. The van der Waals surface area contributed by atoms with Crippen LogP contribution in [-0.4, -0.2) is 35.1 Å². The van der Waals surface area contributed by atoms with Crippen molar-refractivity contribution in [3.05, 3.63) is 78.1 Å². The summed E-state index contributed by atoms with van der Waals surface area (Å²) in [4.78, 5) is 25.6. The van der Waals surface area contributed by atoms with Gasteiger partial charge < -0.3 is 14.8 Å². The van der Waals surface area contributed by atoms with Crippen LogP contribution >= 0.6 is 0 Å². The van der Waals surface area contributed by atoms with Gasteiger partial charge in [0.25, 0.3) is 0 Å². The first-order valence-corrected chi connectivity index (χ1v) is 9.36. The predicted octanol–water partition coefficient (Wildman–Crippen LogP) is 4.10. The number of nitrogens with one attached hydrogen (secondary N) is 1. The molecule has 0 aliphatic heterocycles. The van der Waals surface area contributed by atoms with Gasteiger partial charge in [0.15, 0.2) is 5.82 Å². The van der Waals surface area contributed by atoms with Gasteiger partial charge in [-0.15, -0.1) is 0 Å². The molecule has 0 fully saturated rings. The maximum atomic E-state index is 12.0. The number of aromatic nitrogens is 3. The Morgan fingerprint density at radius 1 is 1.03 bits per heavy atom. The first-order chi connectivity index (χ1) is 14.7. The molecule has 0 atom stereocenters. The minimum Gasteiger partial charge on any atom is -0.496 e. The van der Waals surface area contributed by atoms with E-state index in [4.69, 9.17) is 14.5 Å². The number of fused-ring (bicyclic) bond motifs is 1. The summed E-state index contributed by atoms with van der Waals surface area (Å²) in [6.45, 7) is 0.460. The number of hydrogen-bond donors (Lipinski definition) is 1. The number of nitrogens with zero attached hydrogens (tertiary/aromatic N) is 3. The molecule has 0 radical (unpaired) electrons. The zero-order valence-corrected chi connectivity index (χ0v) is 16.6. The summed E-state index contributed by atoms with van der Waals surface area (Å²) in [6, 6.07) is 17.0. The summed E-state index contributed by atoms with van der Waals surface area (Å²) >= 11 is 0. The van der Waals surface area contributed by atoms with Crippen LogP contribution in [-0.2, 0) is 11.3 Å². The third-order valence-corrected chi connectivity index (χ3v) is 4.65. The van der Waals surface area contributed by atoms with Gasteiger partial charge in [-0.2, -0.15) is 0 Å². The highest BCUT2D eigenvalue weighted by atomic mass is 16.5. The molecule has 0 bridgehead atoms. The van der Waals surface area contributed by atoms with Gasteiger partial charge in [0, 0.05) is 29.9 Å². The van der Waals surface area contributed by atoms with Gasteiger partial charge in [0.05, 0.1) is 19.7 Å². The van der Waals surface area contributed by atoms with Crippen molar-refractivity contribution in [2.45, 2.75) is 6.54 Å². The fourth-order valence-electron chi connectivity index (χ4n) is 3.16. The van der Waals surface area contributed by atoms with E-state index in [2.05, 4.69) is 15.3 Å². The Labute approximate surface area is 173 Å². The Kier molecular flexibility index (Phi) is 5.52. The van der Waals surface area contributed by atoms with E-state index in [9.17, 15) is 4.79 Å². The molecule has 2 aromatic carbocycles. The number of para-hydroxylation sites is 1. The highest BCUT2D eigenvalue weighted by Gasteiger charge is 2.14. The van der Waals surface area contributed by atoms with Crippen molar-refractivity contribution < 1.29 is 14.3 Å². The van der Waals surface area contributed by atoms with Crippen LogP contribution in [0.5, 0.6) is 5.75 Å². The number of benzene rings is 2. The topological polar surface area (TPSA) is 86.2 Å². The van der Waals surface area contributed by atoms with Gasteiger partial charge in [-0.1, -0.05) is 18.2 Å². The van der Waals surface area contributed by atoms with E-state index in [1.807, 2.05) is 42.5 Å². The molecule has 0 spiro atoms. The summed E-state index contributed by atoms with van der Waals surface area (Å²) in [6.07, 6.45) is 3.45. The Morgan fingerprint density at radius 3 is 2.67 bits per heavy atom. The molecular formula is C23H20N4O3. The van der Waals surface area contributed by atoms with Crippen molar-refractivity contribution in [1.29, 1.82) is 0 Å². The summed E-state index contributed by atoms with van der Waals surface area (Å²) in [5, 5.41) is 4.28. The molecule has 2 heterocycles. The summed E-state index contributed by atoms with van der Waals surface area (Å²) in [5.41, 5.74) is 2.94. The number of carbonyl (C=O) groups excluding carboxylic acids is 1. The second kappa shape index (κ2) is 8.57. The number of hydrogen-bond acceptors (Lipinski definition) is 7. The maximum absolute atomic E-state index is 12.0. The lowest BCUT2D eigenvalue weighted by molar-refractivity contribution is 0.0597. The third-order valence-electron chi connectivity index (χ3n) is 4.65. The Morgan fingerprint density at radius 2 is 1.90 bits per heavy atom. The second-order valence-electron chi connectivity index (χ2n) is 6.53. The van der Waals surface area contributed by atoms with Gasteiger partial charge in [0.2, 0.25) is 0 Å². The highest BCUT2D eigenvalue weighted by Crippen LogP contribution is 2.26. The molecule has 4 aromatic rings. The first kappa shape index (κ1) is 19.3. The van der Waals surface area contributed by atoms with Crippen LogP contribution in [0.4, 0.5) is 5.82 Å². The standard InChI is InChI=1S/C23H20N4O3/c1-29-20-10-9-15(12-18(20)23(28)30-2)13-25-22-17-7-3-4-8-19(17)26-21(27-22)16-6-5-11-24-14-16/h3-12,14H,13H2,1-2H3,(H,25,26,27). The Hall–Kier alpha value is -4.00. The van der Waals surface area contributed by atoms with Crippen LogP contribution in [0.1, 0.15) is 15.9 Å². The lowest BCUT2D eigenvalue weighted by Crippen LogP contribution is -2.08. The molecule has 0 aliphatic rings. The quantitative estimate of drug-likeness (QED) is 0.488. The zero-order valence-electron chi connectivity index (χ0n) is 16.6. The number of carbonyl (C=O) groups is 1. The van der Waals surface area contributed by atoms with E-state index in [0.29, 0.717) is 29.5 Å². The van der Waals surface area contributed by atoms with Gasteiger partial charge >= 0.3 is 5.97 Å². The van der Waals surface area contributed by atoms with Crippen LogP contribution in [0.2, 0.25) is 0 Å². The number of anilines is 1. The van der Waals surface area contributed by atoms with Gasteiger partial charge in [-0.25, -0.2) is 14.8 Å². The van der Waals surface area contributed by atoms with Crippen LogP contribution < -0.4 is 10.1 Å². The van der Waals surface area contributed by atoms with Gasteiger partial charge in [-0.3, -0.25) is 4.98 Å². The fourth-order valence-corrected chi connectivity index (χ4v) is 3.16. The Balaban J connectivity index is 1.68. The summed E-state index contributed by atoms with van der Waals surface area (Å²) in [5.74, 6) is 1.32. The van der Waals surface area contributed by atoms with E-state index >= 15 is 0 Å². The molecule has 0 unspecified atom stereocenters. The molecule has 0 saturated heterocycles. The van der Waals surface area contributed by atoms with Crippen LogP contribution in [0.25, 0.3) is 22.3 Å². The van der Waals surface area contributed by atoms with Crippen molar-refractivity contribution >= 4 is 22.7 Å². The van der Waals surface area contributed by atoms with E-state index in [1.165, 1.54) is 14.2 Å². The largest absolute Gasteiger partial charge is 0.496 e. The third kappa shape index (κ3) is 3.91. The van der Waals surface area contributed by atoms with Crippen molar-refractivity contribution in [1.82, 2.24) is 15.0 Å². The van der Waals surface area contributed by atoms with Gasteiger partial charge in [-0.05, 0) is 42.0 Å². The van der Waals surface area contributed by atoms with E-state index < -0.39 is 5.97 Å². The lowest BCUT2D eigenvalue weighted by Gasteiger charge is -2.13. The molecule has 0 saturated carbocycles. The second-order valence-corrected chi connectivity index (χ2v) is 6.53. The minimum absolute atomic E-state index is 0.378. The summed E-state index contributed by atoms with van der Waals surface area (Å²) in [7, 11) is 2.87. The van der Waals surface area contributed by atoms with Crippen LogP contribution in [0.3, 0.4) is 0 Å². The van der Waals surface area contributed by atoms with Crippen molar-refractivity contribution in [3.63, 3.8) is 0 Å². The molecule has 7 nitrogen and oxygen atoms in total. The predicted molar refractivity (Wildman–Crippen MR) is 114 cm³/mol. The van der Waals surface area contributed by atoms with Crippen LogP contribution in [0, 0.1) is 0 Å². The maximum Gasteiger partial charge on any atom is 0.341 e. The molecular weight excluding hydrogens is 380 g/mol. The monoisotopic (exact) mass is 400 g/mol. The molecule has 0 amide bonds. The zero-order chi connectivity index (χ0) is 20.9. The molecule has 4 rings (SSSR count). The average Bonchev–Trinajstić information content (AvgIpc) is 2.82. The van der Waals surface area contributed by atoms with Crippen molar-refractivity contribution in [3.8, 4) is 17.1 Å². The number of ether oxygens (including phenoxy) is 2. The molecule has 0 aliphatic carbocycles. The SMILES string of the molecule is COC(=O)c1cc(CNc2nc(-c3cccnc3)nc3ccccc23)ccc1OC. The minimum atomic E-state index is -0.444. The summed E-state index contributed by atoms with van der Waals surface area (Å²) < 4.78 is 10.1. The van der Waals surface area contributed by atoms with Crippen molar-refractivity contribution in [2.24, 2.45) is 0 Å².